The smallest absolute Gasteiger partial charge is 0.279 e. The second-order valence-electron chi connectivity index (χ2n) is 8.14. The lowest BCUT2D eigenvalue weighted by Gasteiger charge is -2.27. The largest absolute Gasteiger partial charge is 0.379 e. The Balaban J connectivity index is 1.45. The molecule has 0 N–H and O–H groups in total. The average Bonchev–Trinajstić information content (AvgIpc) is 3.53. The molecule has 0 radical (unpaired) electrons. The zero-order valence-electron chi connectivity index (χ0n) is 18.2. The predicted octanol–water partition coefficient (Wildman–Crippen LogP) is 2.84. The number of morpholine rings is 1. The molecular weight excluding hydrogens is 439 g/mol. The Bertz CT molecular complexity index is 1530. The molecule has 0 amide bonds. The molecule has 0 bridgehead atoms. The molecule has 1 aliphatic rings. The van der Waals surface area contributed by atoms with Crippen molar-refractivity contribution in [2.75, 3.05) is 32.8 Å². The molecule has 5 aromatic rings. The second kappa shape index (κ2) is 8.47. The Hall–Kier alpha value is -3.89. The van der Waals surface area contributed by atoms with Gasteiger partial charge in [-0.25, -0.2) is 9.37 Å². The summed E-state index contributed by atoms with van der Waals surface area (Å²) in [7, 11) is 0. The van der Waals surface area contributed by atoms with Gasteiger partial charge in [-0.3, -0.25) is 14.1 Å². The van der Waals surface area contributed by atoms with Gasteiger partial charge >= 0.3 is 0 Å². The second-order valence-corrected chi connectivity index (χ2v) is 8.14. The molecule has 34 heavy (non-hydrogen) atoms. The monoisotopic (exact) mass is 460 g/mol. The van der Waals surface area contributed by atoms with Crippen molar-refractivity contribution < 1.29 is 13.7 Å². The van der Waals surface area contributed by atoms with Crippen LogP contribution in [0.15, 0.2) is 64.2 Å². The fourth-order valence-corrected chi connectivity index (χ4v) is 4.35. The molecule has 10 heteroatoms. The SMILES string of the molecule is O=c1c2c(-c3nc(-c4ccc(F)cc4)no3)ncn2c2ccccc2n1CCN1CCOCC1. The summed E-state index contributed by atoms with van der Waals surface area (Å²) in [4.78, 5) is 24.9. The summed E-state index contributed by atoms with van der Waals surface area (Å²) >= 11 is 0. The number of ether oxygens (including phenoxy) is 1. The van der Waals surface area contributed by atoms with E-state index in [4.69, 9.17) is 9.26 Å². The van der Waals surface area contributed by atoms with Crippen LogP contribution in [0.5, 0.6) is 0 Å². The van der Waals surface area contributed by atoms with Crippen LogP contribution in [-0.4, -0.2) is 61.8 Å². The van der Waals surface area contributed by atoms with Crippen molar-refractivity contribution in [2.24, 2.45) is 0 Å². The van der Waals surface area contributed by atoms with E-state index in [2.05, 4.69) is 20.0 Å². The summed E-state index contributed by atoms with van der Waals surface area (Å²) in [5.41, 5.74) is 2.80. The van der Waals surface area contributed by atoms with Crippen molar-refractivity contribution >= 4 is 16.6 Å². The lowest BCUT2D eigenvalue weighted by Crippen LogP contribution is -2.39. The lowest BCUT2D eigenvalue weighted by molar-refractivity contribution is 0.0364. The molecule has 0 unspecified atom stereocenters. The van der Waals surface area contributed by atoms with E-state index in [1.807, 2.05) is 24.3 Å². The molecule has 9 nitrogen and oxygen atoms in total. The van der Waals surface area contributed by atoms with Gasteiger partial charge in [0.25, 0.3) is 11.4 Å². The van der Waals surface area contributed by atoms with Crippen LogP contribution in [0, 0.1) is 5.82 Å². The molecule has 0 spiro atoms. The van der Waals surface area contributed by atoms with Crippen molar-refractivity contribution in [3.8, 4) is 23.0 Å². The van der Waals surface area contributed by atoms with Gasteiger partial charge in [-0.05, 0) is 36.4 Å². The minimum absolute atomic E-state index is 0.133. The Morgan fingerprint density at radius 1 is 0.971 bits per heavy atom. The van der Waals surface area contributed by atoms with Crippen molar-refractivity contribution in [3.05, 3.63) is 71.0 Å². The molecule has 0 atom stereocenters. The zero-order chi connectivity index (χ0) is 23.1. The van der Waals surface area contributed by atoms with Gasteiger partial charge in [0.15, 0.2) is 5.69 Å². The fourth-order valence-electron chi connectivity index (χ4n) is 4.35. The Kier molecular flexibility index (Phi) is 5.16. The molecule has 2 aromatic carbocycles. The molecule has 1 fully saturated rings. The minimum Gasteiger partial charge on any atom is -0.379 e. The van der Waals surface area contributed by atoms with Gasteiger partial charge in [0, 0.05) is 31.7 Å². The van der Waals surface area contributed by atoms with Crippen LogP contribution in [0.1, 0.15) is 0 Å². The molecule has 172 valence electrons. The first-order valence-electron chi connectivity index (χ1n) is 11.1. The number of nitrogens with zero attached hydrogens (tertiary/aromatic N) is 6. The molecule has 1 saturated heterocycles. The first-order chi connectivity index (χ1) is 16.7. The number of imidazole rings is 1. The van der Waals surface area contributed by atoms with Crippen molar-refractivity contribution in [1.82, 2.24) is 29.0 Å². The number of benzene rings is 2. The summed E-state index contributed by atoms with van der Waals surface area (Å²) in [6, 6.07) is 13.5. The molecular formula is C24H21FN6O3. The van der Waals surface area contributed by atoms with E-state index in [1.165, 1.54) is 12.1 Å². The van der Waals surface area contributed by atoms with Gasteiger partial charge in [-0.1, -0.05) is 17.3 Å². The van der Waals surface area contributed by atoms with Crippen LogP contribution in [0.4, 0.5) is 4.39 Å². The highest BCUT2D eigenvalue weighted by Gasteiger charge is 2.22. The Morgan fingerprint density at radius 2 is 1.74 bits per heavy atom. The third-order valence-corrected chi connectivity index (χ3v) is 6.12. The van der Waals surface area contributed by atoms with Crippen LogP contribution in [0.25, 0.3) is 39.5 Å². The number of rotatable bonds is 5. The number of halogens is 1. The molecule has 0 saturated carbocycles. The summed E-state index contributed by atoms with van der Waals surface area (Å²) in [5, 5.41) is 4.01. The van der Waals surface area contributed by atoms with Crippen LogP contribution < -0.4 is 5.56 Å². The molecule has 0 aliphatic carbocycles. The van der Waals surface area contributed by atoms with Crippen molar-refractivity contribution in [3.63, 3.8) is 0 Å². The minimum atomic E-state index is -0.350. The van der Waals surface area contributed by atoms with Gasteiger partial charge < -0.3 is 13.8 Å². The zero-order valence-corrected chi connectivity index (χ0v) is 18.2. The summed E-state index contributed by atoms with van der Waals surface area (Å²) in [6.07, 6.45) is 1.60. The topological polar surface area (TPSA) is 90.7 Å². The maximum Gasteiger partial charge on any atom is 0.279 e. The quantitative estimate of drug-likeness (QED) is 0.398. The number of hydrogen-bond donors (Lipinski definition) is 0. The normalized spacial score (nSPS) is 14.9. The third-order valence-electron chi connectivity index (χ3n) is 6.12. The van der Waals surface area contributed by atoms with Crippen LogP contribution in [0.3, 0.4) is 0 Å². The third kappa shape index (κ3) is 3.57. The van der Waals surface area contributed by atoms with Crippen LogP contribution in [-0.2, 0) is 11.3 Å². The van der Waals surface area contributed by atoms with E-state index in [1.54, 1.807) is 27.4 Å². The first-order valence-corrected chi connectivity index (χ1v) is 11.1. The lowest BCUT2D eigenvalue weighted by atomic mass is 10.2. The summed E-state index contributed by atoms with van der Waals surface area (Å²) in [6.45, 7) is 4.37. The van der Waals surface area contributed by atoms with E-state index in [0.717, 1.165) is 30.7 Å². The predicted molar refractivity (Wildman–Crippen MR) is 123 cm³/mol. The van der Waals surface area contributed by atoms with Gasteiger partial charge in [-0.2, -0.15) is 4.98 Å². The maximum atomic E-state index is 13.7. The van der Waals surface area contributed by atoms with Crippen LogP contribution >= 0.6 is 0 Å². The van der Waals surface area contributed by atoms with Gasteiger partial charge in [0.05, 0.1) is 24.2 Å². The molecule has 6 rings (SSSR count). The van der Waals surface area contributed by atoms with E-state index in [0.29, 0.717) is 42.4 Å². The van der Waals surface area contributed by atoms with Gasteiger partial charge in [0.1, 0.15) is 17.7 Å². The molecule has 4 heterocycles. The number of fused-ring (bicyclic) bond motifs is 3. The molecule has 1 aliphatic heterocycles. The van der Waals surface area contributed by atoms with Crippen LogP contribution in [0.2, 0.25) is 0 Å². The van der Waals surface area contributed by atoms with E-state index < -0.39 is 0 Å². The molecule has 3 aromatic heterocycles. The summed E-state index contributed by atoms with van der Waals surface area (Å²) < 4.78 is 27.7. The van der Waals surface area contributed by atoms with E-state index >= 15 is 0 Å². The van der Waals surface area contributed by atoms with Gasteiger partial charge in [-0.15, -0.1) is 0 Å². The first kappa shape index (κ1) is 20.7. The van der Waals surface area contributed by atoms with Crippen molar-refractivity contribution in [1.29, 1.82) is 0 Å². The highest BCUT2D eigenvalue weighted by molar-refractivity contribution is 5.83. The Labute approximate surface area is 193 Å². The number of para-hydroxylation sites is 2. The van der Waals surface area contributed by atoms with Crippen molar-refractivity contribution in [2.45, 2.75) is 6.54 Å². The Morgan fingerprint density at radius 3 is 2.53 bits per heavy atom. The van der Waals surface area contributed by atoms with E-state index in [9.17, 15) is 9.18 Å². The highest BCUT2D eigenvalue weighted by Crippen LogP contribution is 2.25. The maximum absolute atomic E-state index is 13.7. The summed E-state index contributed by atoms with van der Waals surface area (Å²) in [5.74, 6) is 0.0792. The fraction of sp³-hybridized carbons (Fsp3) is 0.250. The average molecular weight is 460 g/mol. The van der Waals surface area contributed by atoms with E-state index in [-0.39, 0.29) is 17.3 Å². The number of aromatic nitrogens is 5. The number of hydrogen-bond acceptors (Lipinski definition) is 7. The standard InChI is InChI=1S/C24H21FN6O3/c25-17-7-5-16(6-8-17)22-27-23(34-28-22)20-21-24(32)30(10-9-29-11-13-33-14-12-29)18-3-1-2-4-19(18)31(21)15-26-20/h1-8,15H,9-14H2. The highest BCUT2D eigenvalue weighted by atomic mass is 19.1. The van der Waals surface area contributed by atoms with Gasteiger partial charge in [0.2, 0.25) is 5.82 Å².